The Balaban J connectivity index is 2.06. The lowest BCUT2D eigenvalue weighted by Gasteiger charge is -2.25. The molecule has 0 radical (unpaired) electrons. The van der Waals surface area contributed by atoms with Gasteiger partial charge in [0.15, 0.2) is 0 Å². The largest absolute Gasteiger partial charge is 0.314 e. The molecule has 1 aliphatic carbocycles. The maximum atomic E-state index is 3.69. The molecule has 100 valence electrons. The predicted molar refractivity (Wildman–Crippen MR) is 79.0 cm³/mol. The minimum absolute atomic E-state index is 0.535. The van der Waals surface area contributed by atoms with Gasteiger partial charge in [0.25, 0.3) is 0 Å². The van der Waals surface area contributed by atoms with Crippen LogP contribution in [0.25, 0.3) is 0 Å². The van der Waals surface area contributed by atoms with Crippen molar-refractivity contribution in [3.63, 3.8) is 0 Å². The third-order valence-electron chi connectivity index (χ3n) is 4.56. The number of hydrogen-bond acceptors (Lipinski definition) is 1. The highest BCUT2D eigenvalue weighted by molar-refractivity contribution is 5.32. The first kappa shape index (κ1) is 13.6. The summed E-state index contributed by atoms with van der Waals surface area (Å²) in [5.74, 6) is 0. The van der Waals surface area contributed by atoms with Crippen LogP contribution in [-0.4, -0.2) is 12.6 Å². The second-order valence-corrected chi connectivity index (χ2v) is 6.14. The lowest BCUT2D eigenvalue weighted by atomic mass is 9.87. The number of aryl methyl sites for hydroxylation is 2. The molecule has 0 amide bonds. The molecule has 1 heteroatoms. The van der Waals surface area contributed by atoms with E-state index in [1.165, 1.54) is 36.8 Å². The van der Waals surface area contributed by atoms with E-state index in [-0.39, 0.29) is 0 Å². The molecular formula is C17H27N. The van der Waals surface area contributed by atoms with E-state index in [4.69, 9.17) is 0 Å². The maximum Gasteiger partial charge on any atom is 0.00983 e. The average molecular weight is 245 g/mol. The van der Waals surface area contributed by atoms with Crippen LogP contribution < -0.4 is 5.32 Å². The first-order valence-corrected chi connectivity index (χ1v) is 7.37. The molecule has 0 aliphatic heterocycles. The van der Waals surface area contributed by atoms with Crippen molar-refractivity contribution in [3.05, 3.63) is 34.9 Å². The molecule has 0 aromatic heterocycles. The minimum atomic E-state index is 0.535. The highest BCUT2D eigenvalue weighted by atomic mass is 14.9. The SMILES string of the molecule is CCCNC(C)C1(Cc2cc(C)ccc2C)CC1. The lowest BCUT2D eigenvalue weighted by molar-refractivity contribution is 0.350. The number of nitrogens with one attached hydrogen (secondary N) is 1. The Morgan fingerprint density at radius 3 is 2.61 bits per heavy atom. The van der Waals surface area contributed by atoms with Crippen molar-refractivity contribution >= 4 is 0 Å². The second-order valence-electron chi connectivity index (χ2n) is 6.14. The monoisotopic (exact) mass is 245 g/mol. The summed E-state index contributed by atoms with van der Waals surface area (Å²) in [7, 11) is 0. The van der Waals surface area contributed by atoms with E-state index in [2.05, 4.69) is 51.2 Å². The Morgan fingerprint density at radius 1 is 1.28 bits per heavy atom. The van der Waals surface area contributed by atoms with Crippen LogP contribution in [0.5, 0.6) is 0 Å². The third-order valence-corrected chi connectivity index (χ3v) is 4.56. The Morgan fingerprint density at radius 2 is 2.00 bits per heavy atom. The fourth-order valence-corrected chi connectivity index (χ4v) is 2.87. The van der Waals surface area contributed by atoms with Crippen LogP contribution in [0.1, 0.15) is 49.8 Å². The highest BCUT2D eigenvalue weighted by Gasteiger charge is 2.46. The minimum Gasteiger partial charge on any atom is -0.314 e. The molecule has 1 saturated carbocycles. The van der Waals surface area contributed by atoms with Gasteiger partial charge in [-0.25, -0.2) is 0 Å². The van der Waals surface area contributed by atoms with Crippen LogP contribution in [0.4, 0.5) is 0 Å². The van der Waals surface area contributed by atoms with Crippen molar-refractivity contribution in [2.45, 2.75) is 59.4 Å². The van der Waals surface area contributed by atoms with Gasteiger partial charge in [-0.2, -0.15) is 0 Å². The lowest BCUT2D eigenvalue weighted by Crippen LogP contribution is -2.36. The molecule has 0 bridgehead atoms. The van der Waals surface area contributed by atoms with Crippen LogP contribution in [0.3, 0.4) is 0 Å². The number of hydrogen-bond donors (Lipinski definition) is 1. The van der Waals surface area contributed by atoms with Crippen molar-refractivity contribution in [3.8, 4) is 0 Å². The summed E-state index contributed by atoms with van der Waals surface area (Å²) in [6.45, 7) is 10.2. The molecular weight excluding hydrogens is 218 g/mol. The van der Waals surface area contributed by atoms with Crippen molar-refractivity contribution in [2.24, 2.45) is 5.41 Å². The molecule has 1 aromatic rings. The topological polar surface area (TPSA) is 12.0 Å². The van der Waals surface area contributed by atoms with Gasteiger partial charge in [0.2, 0.25) is 0 Å². The Kier molecular flexibility index (Phi) is 4.11. The molecule has 2 rings (SSSR count). The molecule has 1 fully saturated rings. The normalized spacial score (nSPS) is 18.7. The van der Waals surface area contributed by atoms with Crippen LogP contribution in [-0.2, 0) is 6.42 Å². The van der Waals surface area contributed by atoms with E-state index in [0.717, 1.165) is 6.54 Å². The zero-order valence-electron chi connectivity index (χ0n) is 12.3. The molecule has 0 heterocycles. The molecule has 1 N–H and O–H groups in total. The zero-order valence-corrected chi connectivity index (χ0v) is 12.3. The summed E-state index contributed by atoms with van der Waals surface area (Å²) < 4.78 is 0. The number of benzene rings is 1. The quantitative estimate of drug-likeness (QED) is 0.798. The van der Waals surface area contributed by atoms with Gasteiger partial charge in [-0.3, -0.25) is 0 Å². The van der Waals surface area contributed by atoms with Crippen molar-refractivity contribution in [2.75, 3.05) is 6.54 Å². The molecule has 18 heavy (non-hydrogen) atoms. The third kappa shape index (κ3) is 2.95. The highest BCUT2D eigenvalue weighted by Crippen LogP contribution is 2.51. The smallest absolute Gasteiger partial charge is 0.00983 e. The van der Waals surface area contributed by atoms with E-state index < -0.39 is 0 Å². The molecule has 1 aliphatic rings. The van der Waals surface area contributed by atoms with Crippen LogP contribution in [0.15, 0.2) is 18.2 Å². The average Bonchev–Trinajstić information content (AvgIpc) is 3.12. The van der Waals surface area contributed by atoms with E-state index in [1.807, 2.05) is 0 Å². The Bertz CT molecular complexity index is 404. The molecule has 0 saturated heterocycles. The molecule has 1 atom stereocenters. The van der Waals surface area contributed by atoms with Crippen LogP contribution in [0.2, 0.25) is 0 Å². The van der Waals surface area contributed by atoms with Crippen LogP contribution in [0, 0.1) is 19.3 Å². The van der Waals surface area contributed by atoms with Gasteiger partial charge in [0, 0.05) is 6.04 Å². The Labute approximate surface area is 112 Å². The first-order valence-electron chi connectivity index (χ1n) is 7.37. The summed E-state index contributed by atoms with van der Waals surface area (Å²) in [6, 6.07) is 7.52. The number of rotatable bonds is 6. The van der Waals surface area contributed by atoms with Crippen molar-refractivity contribution in [1.29, 1.82) is 0 Å². The van der Waals surface area contributed by atoms with E-state index in [0.29, 0.717) is 11.5 Å². The van der Waals surface area contributed by atoms with Gasteiger partial charge < -0.3 is 5.32 Å². The van der Waals surface area contributed by atoms with Gasteiger partial charge >= 0.3 is 0 Å². The Hall–Kier alpha value is -0.820. The molecule has 0 spiro atoms. The van der Waals surface area contributed by atoms with Gasteiger partial charge in [0.05, 0.1) is 0 Å². The van der Waals surface area contributed by atoms with Crippen molar-refractivity contribution < 1.29 is 0 Å². The summed E-state index contributed by atoms with van der Waals surface area (Å²) in [5.41, 5.74) is 4.93. The van der Waals surface area contributed by atoms with E-state index in [9.17, 15) is 0 Å². The first-order chi connectivity index (χ1) is 8.57. The molecule has 1 nitrogen and oxygen atoms in total. The van der Waals surface area contributed by atoms with E-state index in [1.54, 1.807) is 5.56 Å². The van der Waals surface area contributed by atoms with Gasteiger partial charge in [-0.05, 0) is 69.5 Å². The molecule has 1 unspecified atom stereocenters. The zero-order chi connectivity index (χ0) is 13.2. The van der Waals surface area contributed by atoms with Gasteiger partial charge in [0.1, 0.15) is 0 Å². The standard InChI is InChI=1S/C17H27N/c1-5-10-18-15(4)17(8-9-17)12-16-11-13(2)6-7-14(16)3/h6-7,11,15,18H,5,8-10,12H2,1-4H3. The maximum absolute atomic E-state index is 3.69. The van der Waals surface area contributed by atoms with Gasteiger partial charge in [-0.1, -0.05) is 30.7 Å². The summed E-state index contributed by atoms with van der Waals surface area (Å²) in [4.78, 5) is 0. The summed E-state index contributed by atoms with van der Waals surface area (Å²) in [5, 5.41) is 3.69. The van der Waals surface area contributed by atoms with Crippen LogP contribution >= 0.6 is 0 Å². The summed E-state index contributed by atoms with van der Waals surface area (Å²) in [6.07, 6.45) is 5.25. The van der Waals surface area contributed by atoms with Crippen molar-refractivity contribution in [1.82, 2.24) is 5.32 Å². The molecule has 1 aromatic carbocycles. The predicted octanol–water partition coefficient (Wildman–Crippen LogP) is 4.01. The van der Waals surface area contributed by atoms with E-state index >= 15 is 0 Å². The fraction of sp³-hybridized carbons (Fsp3) is 0.647. The van der Waals surface area contributed by atoms with Gasteiger partial charge in [-0.15, -0.1) is 0 Å². The second kappa shape index (κ2) is 5.44. The summed E-state index contributed by atoms with van der Waals surface area (Å²) >= 11 is 0. The fourth-order valence-electron chi connectivity index (χ4n) is 2.87.